The number of allylic oxidation sites excluding steroid dienone is 1. The van der Waals surface area contributed by atoms with Crippen molar-refractivity contribution in [3.63, 3.8) is 0 Å². The predicted molar refractivity (Wildman–Crippen MR) is 207 cm³/mol. The highest BCUT2D eigenvalue weighted by Gasteiger charge is 2.65. The van der Waals surface area contributed by atoms with E-state index >= 15 is 0 Å². The zero-order valence-electron chi connectivity index (χ0n) is 32.4. The van der Waals surface area contributed by atoms with Crippen LogP contribution in [0.15, 0.2) is 47.7 Å². The molecule has 294 valence electrons. The molecule has 3 fully saturated rings. The van der Waals surface area contributed by atoms with E-state index < -0.39 is 11.8 Å². The van der Waals surface area contributed by atoms with E-state index in [1.54, 1.807) is 13.2 Å². The highest BCUT2D eigenvalue weighted by Crippen LogP contribution is 2.62. The Bertz CT molecular complexity index is 1420. The molecule has 5 aliphatic rings. The largest absolute Gasteiger partial charge is 0.492 e. The van der Waals surface area contributed by atoms with Crippen LogP contribution in [-0.2, 0) is 14.4 Å². The van der Waals surface area contributed by atoms with E-state index in [0.29, 0.717) is 31.9 Å². The monoisotopic (exact) mass is 735 g/mol. The molecule has 1 aromatic rings. The van der Waals surface area contributed by atoms with E-state index in [9.17, 15) is 15.0 Å². The first kappa shape index (κ1) is 39.8. The Labute approximate surface area is 317 Å². The molecule has 2 aliphatic heterocycles. The van der Waals surface area contributed by atoms with Crippen LogP contribution in [0.25, 0.3) is 0 Å². The van der Waals surface area contributed by atoms with Gasteiger partial charge in [0.15, 0.2) is 0 Å². The Morgan fingerprint density at radius 1 is 1.11 bits per heavy atom. The van der Waals surface area contributed by atoms with Crippen molar-refractivity contribution in [1.29, 1.82) is 0 Å². The molecule has 3 aliphatic carbocycles. The quantitative estimate of drug-likeness (QED) is 0.0576. The first-order valence-corrected chi connectivity index (χ1v) is 20.7. The van der Waals surface area contributed by atoms with Gasteiger partial charge in [0.05, 0.1) is 18.2 Å². The molecule has 6 rings (SSSR count). The van der Waals surface area contributed by atoms with Crippen molar-refractivity contribution >= 4 is 11.6 Å². The third-order valence-corrected chi connectivity index (χ3v) is 12.5. The highest BCUT2D eigenvalue weighted by atomic mass is 16.7. The minimum Gasteiger partial charge on any atom is -0.492 e. The molecular formula is C43H65N3O7. The van der Waals surface area contributed by atoms with Gasteiger partial charge in [-0.1, -0.05) is 62.8 Å². The molecule has 1 amide bonds. The molecule has 0 bridgehead atoms. The summed E-state index contributed by atoms with van der Waals surface area (Å²) < 4.78 is 20.8. The number of carbonyl (C=O) groups excluding carboxylic acids is 1. The summed E-state index contributed by atoms with van der Waals surface area (Å²) in [5.41, 5.74) is 3.00. The number of amides is 1. The molecule has 6 atom stereocenters. The fourth-order valence-electron chi connectivity index (χ4n) is 9.90. The lowest BCUT2D eigenvalue weighted by Crippen LogP contribution is -2.70. The maximum absolute atomic E-state index is 14.5. The number of ether oxygens (including phenoxy) is 3. The van der Waals surface area contributed by atoms with Crippen molar-refractivity contribution in [1.82, 2.24) is 9.80 Å². The highest BCUT2D eigenvalue weighted by molar-refractivity contribution is 6.03. The number of nitrogens with zero attached hydrogens (tertiary/aromatic N) is 3. The number of benzene rings is 1. The minimum absolute atomic E-state index is 0.0426. The van der Waals surface area contributed by atoms with Crippen LogP contribution < -0.4 is 9.47 Å². The Morgan fingerprint density at radius 2 is 1.89 bits per heavy atom. The number of unbranched alkanes of at least 4 members (excludes halogenated alkanes) is 2. The fourth-order valence-corrected chi connectivity index (χ4v) is 9.90. The standard InChI is InChI=1S/C43H65N3O7/c1-4-20-46(40(49)19-16-31-12-6-7-13-31)39-30-37(44-50-3)35-28-32(14-8-10-24-47)34(15-9-11-25-48)41-36-29-33(51-27-23-45-21-22-45)17-18-38(36)53-43(39,42(35)41)52-26-5-2/h5,17-18,28-29,31-32,34,39,41-42,47-48H,2,4,6-16,19-27,30H2,1,3H3/t32-,34+,39-,41+,42+,43+/m0/s1. The summed E-state index contributed by atoms with van der Waals surface area (Å²) >= 11 is 0. The van der Waals surface area contributed by atoms with Crippen molar-refractivity contribution in [3.05, 3.63) is 48.1 Å². The second-order valence-electron chi connectivity index (χ2n) is 15.9. The Morgan fingerprint density at radius 3 is 2.58 bits per heavy atom. The smallest absolute Gasteiger partial charge is 0.239 e. The Hall–Kier alpha value is -2.92. The molecule has 0 aromatic heterocycles. The van der Waals surface area contributed by atoms with Gasteiger partial charge in [-0.2, -0.15) is 0 Å². The van der Waals surface area contributed by atoms with Crippen LogP contribution >= 0.6 is 0 Å². The molecule has 10 heteroatoms. The molecule has 1 saturated heterocycles. The number of rotatable bonds is 22. The Kier molecular flexibility index (Phi) is 14.3. The summed E-state index contributed by atoms with van der Waals surface area (Å²) in [6.45, 7) is 11.1. The maximum Gasteiger partial charge on any atom is 0.239 e. The van der Waals surface area contributed by atoms with Crippen molar-refractivity contribution in [3.8, 4) is 11.5 Å². The van der Waals surface area contributed by atoms with Gasteiger partial charge in [-0.15, -0.1) is 6.58 Å². The van der Waals surface area contributed by atoms with Crippen LogP contribution in [0.1, 0.15) is 108 Å². The number of carbonyl (C=O) groups is 1. The average molecular weight is 736 g/mol. The van der Waals surface area contributed by atoms with Crippen LogP contribution in [0.3, 0.4) is 0 Å². The topological polar surface area (TPSA) is 113 Å². The summed E-state index contributed by atoms with van der Waals surface area (Å²) in [6, 6.07) is 5.79. The molecule has 0 unspecified atom stereocenters. The van der Waals surface area contributed by atoms with Gasteiger partial charge in [-0.3, -0.25) is 9.69 Å². The molecule has 0 spiro atoms. The van der Waals surface area contributed by atoms with Gasteiger partial charge in [0, 0.05) is 63.7 Å². The second kappa shape index (κ2) is 19.1. The van der Waals surface area contributed by atoms with Gasteiger partial charge in [-0.25, -0.2) is 0 Å². The number of aliphatic hydroxyl groups excluding tert-OH is 2. The van der Waals surface area contributed by atoms with E-state index in [4.69, 9.17) is 24.2 Å². The van der Waals surface area contributed by atoms with Crippen LogP contribution in [0.5, 0.6) is 11.5 Å². The number of oxime groups is 1. The molecule has 53 heavy (non-hydrogen) atoms. The lowest BCUT2D eigenvalue weighted by Gasteiger charge is -2.60. The van der Waals surface area contributed by atoms with Crippen LogP contribution in [0.4, 0.5) is 0 Å². The van der Waals surface area contributed by atoms with Gasteiger partial charge < -0.3 is 34.2 Å². The SMILES string of the molecule is C=CCO[C@@]12Oc3ccc(OCCN4CC4)cc3[C@H]3[C@H](CCCCO)[C@@H](CCCCO)C=C(C(=NOC)C[C@@H]1N(CCC)C(=O)CCC1CCCC1)[C@H]32. The van der Waals surface area contributed by atoms with E-state index in [0.717, 1.165) is 99.3 Å². The van der Waals surface area contributed by atoms with E-state index in [1.165, 1.54) is 25.7 Å². The second-order valence-corrected chi connectivity index (χ2v) is 15.9. The Balaban J connectivity index is 1.49. The molecule has 2 saturated carbocycles. The van der Waals surface area contributed by atoms with Gasteiger partial charge in [0.1, 0.15) is 31.3 Å². The molecule has 0 radical (unpaired) electrons. The fraction of sp³-hybridized carbons (Fsp3) is 0.721. The molecule has 2 heterocycles. The number of hydrogen-bond acceptors (Lipinski definition) is 9. The maximum atomic E-state index is 14.5. The molecular weight excluding hydrogens is 670 g/mol. The summed E-state index contributed by atoms with van der Waals surface area (Å²) in [5.74, 6) is 1.21. The molecule has 1 aromatic carbocycles. The van der Waals surface area contributed by atoms with E-state index in [2.05, 4.69) is 35.4 Å². The zero-order chi connectivity index (χ0) is 37.2. The normalized spacial score (nSPS) is 28.5. The number of fused-ring (bicyclic) bond motifs is 2. The van der Waals surface area contributed by atoms with Gasteiger partial charge in [0.25, 0.3) is 0 Å². The van der Waals surface area contributed by atoms with E-state index in [1.807, 2.05) is 12.1 Å². The number of aliphatic hydroxyl groups is 2. The summed E-state index contributed by atoms with van der Waals surface area (Å²) in [5, 5.41) is 24.4. The van der Waals surface area contributed by atoms with Crippen molar-refractivity contribution in [2.45, 2.75) is 115 Å². The predicted octanol–water partition coefficient (Wildman–Crippen LogP) is 6.85. The average Bonchev–Trinajstić information content (AvgIpc) is 3.84. The third kappa shape index (κ3) is 9.14. The first-order chi connectivity index (χ1) is 26.0. The van der Waals surface area contributed by atoms with Crippen LogP contribution in [0.2, 0.25) is 0 Å². The van der Waals surface area contributed by atoms with Gasteiger partial charge in [0.2, 0.25) is 11.7 Å². The third-order valence-electron chi connectivity index (χ3n) is 12.5. The summed E-state index contributed by atoms with van der Waals surface area (Å²) in [7, 11) is 1.60. The minimum atomic E-state index is -1.20. The lowest BCUT2D eigenvalue weighted by molar-refractivity contribution is -0.257. The first-order valence-electron chi connectivity index (χ1n) is 20.7. The summed E-state index contributed by atoms with van der Waals surface area (Å²) in [6.07, 6.45) is 16.9. The van der Waals surface area contributed by atoms with Gasteiger partial charge in [-0.05, 0) is 80.1 Å². The van der Waals surface area contributed by atoms with Crippen LogP contribution in [-0.4, -0.2) is 103 Å². The lowest BCUT2D eigenvalue weighted by atomic mass is 9.55. The zero-order valence-corrected chi connectivity index (χ0v) is 32.4. The van der Waals surface area contributed by atoms with Gasteiger partial charge >= 0.3 is 0 Å². The van der Waals surface area contributed by atoms with Crippen molar-refractivity contribution in [2.24, 2.45) is 28.8 Å². The van der Waals surface area contributed by atoms with E-state index in [-0.39, 0.29) is 49.4 Å². The molecule has 10 nitrogen and oxygen atoms in total. The van der Waals surface area contributed by atoms with Crippen molar-refractivity contribution in [2.75, 3.05) is 59.7 Å². The summed E-state index contributed by atoms with van der Waals surface area (Å²) in [4.78, 5) is 24.5. The van der Waals surface area contributed by atoms with Crippen molar-refractivity contribution < 1.29 is 34.1 Å². The molecule has 2 N–H and O–H groups in total. The van der Waals surface area contributed by atoms with Crippen LogP contribution in [0, 0.1) is 23.7 Å². The number of hydrogen-bond donors (Lipinski definition) is 2.